The largest absolute Gasteiger partial charge is 0.495 e. The van der Waals surface area contributed by atoms with Gasteiger partial charge in [-0.3, -0.25) is 4.79 Å². The van der Waals surface area contributed by atoms with Crippen molar-refractivity contribution in [1.29, 1.82) is 0 Å². The van der Waals surface area contributed by atoms with E-state index in [9.17, 15) is 9.59 Å². The molecule has 1 aliphatic carbocycles. The Hall–Kier alpha value is -3.80. The molecule has 0 bridgehead atoms. The maximum Gasteiger partial charge on any atom is 0.407 e. The second-order valence-corrected chi connectivity index (χ2v) is 7.25. The van der Waals surface area contributed by atoms with E-state index in [0.29, 0.717) is 11.4 Å². The van der Waals surface area contributed by atoms with Crippen LogP contribution in [-0.4, -0.2) is 32.3 Å². The number of carbonyl (C=O) groups is 2. The van der Waals surface area contributed by atoms with Gasteiger partial charge in [-0.25, -0.2) is 4.79 Å². The molecule has 0 unspecified atom stereocenters. The molecule has 0 heterocycles. The van der Waals surface area contributed by atoms with E-state index >= 15 is 0 Å². The summed E-state index contributed by atoms with van der Waals surface area (Å²) in [7, 11) is 1.55. The number of amides is 2. The van der Waals surface area contributed by atoms with E-state index in [4.69, 9.17) is 9.47 Å². The van der Waals surface area contributed by atoms with E-state index in [-0.39, 0.29) is 31.4 Å². The number of nitrogens with one attached hydrogen (secondary N) is 2. The Labute approximate surface area is 181 Å². The lowest BCUT2D eigenvalue weighted by molar-refractivity contribution is -0.116. The van der Waals surface area contributed by atoms with E-state index < -0.39 is 6.09 Å². The molecular formula is C25H24N2O4. The third-order valence-corrected chi connectivity index (χ3v) is 5.35. The zero-order chi connectivity index (χ0) is 21.6. The summed E-state index contributed by atoms with van der Waals surface area (Å²) in [6.07, 6.45) is -0.408. The predicted octanol–water partition coefficient (Wildman–Crippen LogP) is 4.56. The van der Waals surface area contributed by atoms with Gasteiger partial charge in [-0.2, -0.15) is 0 Å². The van der Waals surface area contributed by atoms with Crippen LogP contribution in [0.3, 0.4) is 0 Å². The molecule has 0 spiro atoms. The van der Waals surface area contributed by atoms with Crippen molar-refractivity contribution in [3.8, 4) is 16.9 Å². The molecule has 0 saturated carbocycles. The number of methoxy groups -OCH3 is 1. The highest BCUT2D eigenvalue weighted by Crippen LogP contribution is 2.44. The fourth-order valence-corrected chi connectivity index (χ4v) is 3.89. The molecule has 0 fully saturated rings. The predicted molar refractivity (Wildman–Crippen MR) is 119 cm³/mol. The van der Waals surface area contributed by atoms with Crippen LogP contribution < -0.4 is 15.4 Å². The molecule has 0 aromatic heterocycles. The van der Waals surface area contributed by atoms with Crippen LogP contribution >= 0.6 is 0 Å². The average Bonchev–Trinajstić information content (AvgIpc) is 3.12. The lowest BCUT2D eigenvalue weighted by Gasteiger charge is -2.14. The Morgan fingerprint density at radius 2 is 1.48 bits per heavy atom. The molecule has 0 saturated heterocycles. The molecule has 0 radical (unpaired) electrons. The number of benzene rings is 3. The van der Waals surface area contributed by atoms with Crippen LogP contribution in [0.25, 0.3) is 11.1 Å². The van der Waals surface area contributed by atoms with Crippen LogP contribution in [0.5, 0.6) is 5.75 Å². The summed E-state index contributed by atoms with van der Waals surface area (Å²) in [6.45, 7) is 0.422. The van der Waals surface area contributed by atoms with Crippen molar-refractivity contribution in [2.24, 2.45) is 0 Å². The molecule has 0 aliphatic heterocycles. The van der Waals surface area contributed by atoms with Crippen LogP contribution in [0.15, 0.2) is 72.8 Å². The summed E-state index contributed by atoms with van der Waals surface area (Å²) in [5.74, 6) is 0.371. The first-order valence-electron chi connectivity index (χ1n) is 10.2. The fourth-order valence-electron chi connectivity index (χ4n) is 3.89. The maximum atomic E-state index is 12.2. The third kappa shape index (κ3) is 4.53. The van der Waals surface area contributed by atoms with Gasteiger partial charge in [0, 0.05) is 18.9 Å². The highest BCUT2D eigenvalue weighted by atomic mass is 16.5. The van der Waals surface area contributed by atoms with Gasteiger partial charge in [0.05, 0.1) is 12.8 Å². The molecule has 31 heavy (non-hydrogen) atoms. The van der Waals surface area contributed by atoms with Gasteiger partial charge in [-0.15, -0.1) is 0 Å². The summed E-state index contributed by atoms with van der Waals surface area (Å²) in [5, 5.41) is 5.42. The molecule has 158 valence electrons. The summed E-state index contributed by atoms with van der Waals surface area (Å²) >= 11 is 0. The number of hydrogen-bond donors (Lipinski definition) is 2. The molecule has 6 nitrogen and oxygen atoms in total. The maximum absolute atomic E-state index is 12.2. The monoisotopic (exact) mass is 416 g/mol. The normalized spacial score (nSPS) is 11.9. The number of anilines is 1. The molecule has 3 aromatic carbocycles. The summed E-state index contributed by atoms with van der Waals surface area (Å²) in [4.78, 5) is 24.3. The van der Waals surface area contributed by atoms with Gasteiger partial charge in [0.25, 0.3) is 0 Å². The first-order valence-corrected chi connectivity index (χ1v) is 10.2. The quantitative estimate of drug-likeness (QED) is 0.592. The first kappa shape index (κ1) is 20.5. The summed E-state index contributed by atoms with van der Waals surface area (Å²) < 4.78 is 10.7. The number of fused-ring (bicyclic) bond motifs is 3. The lowest BCUT2D eigenvalue weighted by atomic mass is 9.98. The summed E-state index contributed by atoms with van der Waals surface area (Å²) in [6, 6.07) is 23.5. The molecule has 6 heteroatoms. The zero-order valence-electron chi connectivity index (χ0n) is 17.3. The lowest BCUT2D eigenvalue weighted by Crippen LogP contribution is -2.29. The molecular weight excluding hydrogens is 392 g/mol. The zero-order valence-corrected chi connectivity index (χ0v) is 17.3. The van der Waals surface area contributed by atoms with Crippen LogP contribution in [0.1, 0.15) is 23.5 Å². The van der Waals surface area contributed by atoms with Gasteiger partial charge >= 0.3 is 6.09 Å². The Kier molecular flexibility index (Phi) is 6.17. The Morgan fingerprint density at radius 1 is 0.871 bits per heavy atom. The molecule has 0 atom stereocenters. The van der Waals surface area contributed by atoms with E-state index in [1.807, 2.05) is 36.4 Å². The van der Waals surface area contributed by atoms with Crippen molar-refractivity contribution in [1.82, 2.24) is 5.32 Å². The standard InChI is InChI=1S/C25H24N2O4/c1-30-23-13-7-6-12-22(23)27-24(28)14-15-26-25(29)31-16-21-19-10-4-2-8-17(19)18-9-3-5-11-20(18)21/h2-13,21H,14-16H2,1H3,(H,26,29)(H,27,28). The highest BCUT2D eigenvalue weighted by Gasteiger charge is 2.28. The molecule has 1 aliphatic rings. The van der Waals surface area contributed by atoms with Crippen molar-refractivity contribution in [3.63, 3.8) is 0 Å². The summed E-state index contributed by atoms with van der Waals surface area (Å²) in [5.41, 5.74) is 5.27. The Morgan fingerprint density at radius 3 is 2.16 bits per heavy atom. The van der Waals surface area contributed by atoms with E-state index in [0.717, 1.165) is 11.1 Å². The van der Waals surface area contributed by atoms with Crippen molar-refractivity contribution < 1.29 is 19.1 Å². The third-order valence-electron chi connectivity index (χ3n) is 5.35. The topological polar surface area (TPSA) is 76.7 Å². The molecule has 2 amide bonds. The molecule has 3 aromatic rings. The van der Waals surface area contributed by atoms with Gasteiger partial charge in [0.1, 0.15) is 12.4 Å². The van der Waals surface area contributed by atoms with Crippen LogP contribution in [0.4, 0.5) is 10.5 Å². The Bertz CT molecular complexity index is 1050. The van der Waals surface area contributed by atoms with Crippen LogP contribution in [-0.2, 0) is 9.53 Å². The fraction of sp³-hybridized carbons (Fsp3) is 0.200. The smallest absolute Gasteiger partial charge is 0.407 e. The number of alkyl carbamates (subject to hydrolysis) is 1. The van der Waals surface area contributed by atoms with Gasteiger partial charge in [0.15, 0.2) is 0 Å². The number of hydrogen-bond acceptors (Lipinski definition) is 4. The van der Waals surface area contributed by atoms with E-state index in [1.165, 1.54) is 11.1 Å². The SMILES string of the molecule is COc1ccccc1NC(=O)CCNC(=O)OCC1c2ccccc2-c2ccccc21. The van der Waals surface area contributed by atoms with Crippen LogP contribution in [0, 0.1) is 0 Å². The second-order valence-electron chi connectivity index (χ2n) is 7.25. The number of ether oxygens (including phenoxy) is 2. The minimum Gasteiger partial charge on any atom is -0.495 e. The van der Waals surface area contributed by atoms with Crippen LogP contribution in [0.2, 0.25) is 0 Å². The Balaban J connectivity index is 1.27. The van der Waals surface area contributed by atoms with Crippen molar-refractivity contribution >= 4 is 17.7 Å². The van der Waals surface area contributed by atoms with Gasteiger partial charge in [-0.1, -0.05) is 60.7 Å². The van der Waals surface area contributed by atoms with E-state index in [2.05, 4.69) is 34.9 Å². The molecule has 2 N–H and O–H groups in total. The molecule has 4 rings (SSSR count). The number of carbonyl (C=O) groups excluding carboxylic acids is 2. The first-order chi connectivity index (χ1) is 15.2. The minimum absolute atomic E-state index is 0.00648. The number of para-hydroxylation sites is 2. The van der Waals surface area contributed by atoms with Gasteiger partial charge < -0.3 is 20.1 Å². The highest BCUT2D eigenvalue weighted by molar-refractivity contribution is 5.92. The van der Waals surface area contributed by atoms with Gasteiger partial charge in [0.2, 0.25) is 5.91 Å². The van der Waals surface area contributed by atoms with Crippen molar-refractivity contribution in [2.45, 2.75) is 12.3 Å². The average molecular weight is 416 g/mol. The van der Waals surface area contributed by atoms with Crippen molar-refractivity contribution in [3.05, 3.63) is 83.9 Å². The minimum atomic E-state index is -0.535. The second kappa shape index (κ2) is 9.34. The van der Waals surface area contributed by atoms with E-state index in [1.54, 1.807) is 19.2 Å². The number of rotatable bonds is 7. The van der Waals surface area contributed by atoms with Crippen molar-refractivity contribution in [2.75, 3.05) is 25.6 Å². The van der Waals surface area contributed by atoms with Gasteiger partial charge in [-0.05, 0) is 34.4 Å².